The van der Waals surface area contributed by atoms with Gasteiger partial charge in [0.1, 0.15) is 5.69 Å². The first-order chi connectivity index (χ1) is 7.16. The highest BCUT2D eigenvalue weighted by atomic mass is 16.5. The van der Waals surface area contributed by atoms with Crippen LogP contribution in [0.3, 0.4) is 0 Å². The van der Waals surface area contributed by atoms with Gasteiger partial charge in [-0.3, -0.25) is 4.79 Å². The van der Waals surface area contributed by atoms with Crippen molar-refractivity contribution in [1.29, 1.82) is 0 Å². The topological polar surface area (TPSA) is 68.5 Å². The quantitative estimate of drug-likeness (QED) is 0.723. The summed E-state index contributed by atoms with van der Waals surface area (Å²) < 4.78 is 6.08. The number of carbonyl (C=O) groups is 1. The zero-order chi connectivity index (χ0) is 11.3. The molecule has 0 aromatic carbocycles. The van der Waals surface area contributed by atoms with Gasteiger partial charge in [-0.05, 0) is 12.5 Å². The lowest BCUT2D eigenvalue weighted by Gasteiger charge is -2.08. The first-order valence-corrected chi connectivity index (χ1v) is 4.59. The molecule has 1 aromatic heterocycles. The maximum atomic E-state index is 11.4. The molecule has 0 bridgehead atoms. The number of rotatable bonds is 5. The third kappa shape index (κ3) is 2.92. The average Bonchev–Trinajstić information content (AvgIpc) is 2.20. The van der Waals surface area contributed by atoms with E-state index < -0.39 is 5.97 Å². The smallest absolute Gasteiger partial charge is 0.352 e. The van der Waals surface area contributed by atoms with Crippen LogP contribution in [-0.2, 0) is 11.3 Å². The van der Waals surface area contributed by atoms with Crippen molar-refractivity contribution < 1.29 is 14.6 Å². The molecule has 0 unspecified atom stereocenters. The van der Waals surface area contributed by atoms with Crippen LogP contribution in [-0.4, -0.2) is 29.4 Å². The van der Waals surface area contributed by atoms with Crippen molar-refractivity contribution in [3.8, 4) is 0 Å². The highest BCUT2D eigenvalue weighted by Crippen LogP contribution is 1.98. The summed E-state index contributed by atoms with van der Waals surface area (Å²) in [5, 5.41) is 8.86. The van der Waals surface area contributed by atoms with E-state index in [2.05, 4.69) is 0 Å². The lowest BCUT2D eigenvalue weighted by Crippen LogP contribution is -2.25. The molecule has 0 aliphatic heterocycles. The molecule has 82 valence electrons. The van der Waals surface area contributed by atoms with Gasteiger partial charge in [0, 0.05) is 26.3 Å². The van der Waals surface area contributed by atoms with Gasteiger partial charge in [0.25, 0.3) is 5.56 Å². The molecule has 0 atom stereocenters. The second-order valence-corrected chi connectivity index (χ2v) is 3.05. The van der Waals surface area contributed by atoms with E-state index in [0.29, 0.717) is 19.6 Å². The molecule has 15 heavy (non-hydrogen) atoms. The van der Waals surface area contributed by atoms with Crippen LogP contribution in [0.5, 0.6) is 0 Å². The summed E-state index contributed by atoms with van der Waals surface area (Å²) in [6.45, 7) is 0.857. The largest absolute Gasteiger partial charge is 0.477 e. The fourth-order valence-corrected chi connectivity index (χ4v) is 1.30. The molecule has 0 aliphatic carbocycles. The average molecular weight is 211 g/mol. The van der Waals surface area contributed by atoms with Gasteiger partial charge in [-0.2, -0.15) is 0 Å². The Labute approximate surface area is 86.9 Å². The summed E-state index contributed by atoms with van der Waals surface area (Å²) in [7, 11) is 1.56. The summed E-state index contributed by atoms with van der Waals surface area (Å²) in [6, 6.07) is 4.20. The molecule has 0 fully saturated rings. The highest BCUT2D eigenvalue weighted by molar-refractivity contribution is 5.85. The Balaban J connectivity index is 2.93. The van der Waals surface area contributed by atoms with Gasteiger partial charge in [0.2, 0.25) is 0 Å². The van der Waals surface area contributed by atoms with Gasteiger partial charge in [-0.15, -0.1) is 0 Å². The molecule has 0 amide bonds. The molecule has 5 heteroatoms. The summed E-state index contributed by atoms with van der Waals surface area (Å²) in [4.78, 5) is 22.2. The van der Waals surface area contributed by atoms with Crippen LogP contribution >= 0.6 is 0 Å². The number of aromatic nitrogens is 1. The third-order valence-electron chi connectivity index (χ3n) is 2.00. The normalized spacial score (nSPS) is 10.2. The van der Waals surface area contributed by atoms with Gasteiger partial charge in [-0.25, -0.2) is 4.79 Å². The number of carboxylic acids is 1. The van der Waals surface area contributed by atoms with Crippen molar-refractivity contribution in [1.82, 2.24) is 4.57 Å². The molecular weight excluding hydrogens is 198 g/mol. The van der Waals surface area contributed by atoms with E-state index in [0.717, 1.165) is 0 Å². The first kappa shape index (κ1) is 11.5. The summed E-state index contributed by atoms with van der Waals surface area (Å²) in [5.74, 6) is -1.09. The van der Waals surface area contributed by atoms with Crippen molar-refractivity contribution in [3.05, 3.63) is 34.2 Å². The monoisotopic (exact) mass is 211 g/mol. The minimum atomic E-state index is -1.09. The van der Waals surface area contributed by atoms with E-state index >= 15 is 0 Å². The minimum absolute atomic E-state index is 0.0126. The number of carboxylic acid groups (broad SMARTS) is 1. The van der Waals surface area contributed by atoms with Crippen LogP contribution < -0.4 is 5.56 Å². The van der Waals surface area contributed by atoms with Crippen LogP contribution in [0.1, 0.15) is 16.9 Å². The highest BCUT2D eigenvalue weighted by Gasteiger charge is 2.09. The Morgan fingerprint density at radius 1 is 1.53 bits per heavy atom. The van der Waals surface area contributed by atoms with Crippen molar-refractivity contribution in [2.75, 3.05) is 13.7 Å². The van der Waals surface area contributed by atoms with Crippen molar-refractivity contribution in [2.24, 2.45) is 0 Å². The number of methoxy groups -OCH3 is 1. The van der Waals surface area contributed by atoms with Gasteiger partial charge < -0.3 is 14.4 Å². The number of ether oxygens (including phenoxy) is 1. The fourth-order valence-electron chi connectivity index (χ4n) is 1.30. The van der Waals surface area contributed by atoms with E-state index in [1.807, 2.05) is 0 Å². The molecule has 0 saturated carbocycles. The number of nitrogens with zero attached hydrogens (tertiary/aromatic N) is 1. The maximum Gasteiger partial charge on any atom is 0.352 e. The van der Waals surface area contributed by atoms with Crippen LogP contribution in [0.15, 0.2) is 23.0 Å². The Morgan fingerprint density at radius 3 is 2.87 bits per heavy atom. The standard InChI is InChI=1S/C10H13NO4/c1-15-7-3-6-11-8(10(13)14)4-2-5-9(11)12/h2,4-5H,3,6-7H2,1H3,(H,13,14). The predicted molar refractivity (Wildman–Crippen MR) is 54.2 cm³/mol. The lowest BCUT2D eigenvalue weighted by atomic mass is 10.3. The zero-order valence-electron chi connectivity index (χ0n) is 8.47. The molecule has 1 heterocycles. The fraction of sp³-hybridized carbons (Fsp3) is 0.400. The Kier molecular flexibility index (Phi) is 4.05. The van der Waals surface area contributed by atoms with E-state index in [1.54, 1.807) is 7.11 Å². The maximum absolute atomic E-state index is 11.4. The molecule has 1 N–H and O–H groups in total. The van der Waals surface area contributed by atoms with E-state index in [4.69, 9.17) is 9.84 Å². The molecule has 0 radical (unpaired) electrons. The number of aromatic carboxylic acids is 1. The van der Waals surface area contributed by atoms with Crippen molar-refractivity contribution >= 4 is 5.97 Å². The summed E-state index contributed by atoms with van der Waals surface area (Å²) in [6.07, 6.45) is 0.612. The summed E-state index contributed by atoms with van der Waals surface area (Å²) in [5.41, 5.74) is -0.287. The summed E-state index contributed by atoms with van der Waals surface area (Å²) >= 11 is 0. The second kappa shape index (κ2) is 5.31. The van der Waals surface area contributed by atoms with Crippen LogP contribution in [0.2, 0.25) is 0 Å². The Bertz CT molecular complexity index is 397. The lowest BCUT2D eigenvalue weighted by molar-refractivity contribution is 0.0682. The van der Waals surface area contributed by atoms with Crippen LogP contribution in [0, 0.1) is 0 Å². The van der Waals surface area contributed by atoms with E-state index in [9.17, 15) is 9.59 Å². The first-order valence-electron chi connectivity index (χ1n) is 4.59. The number of hydrogen-bond donors (Lipinski definition) is 1. The Morgan fingerprint density at radius 2 is 2.27 bits per heavy atom. The molecule has 0 aliphatic rings. The van der Waals surface area contributed by atoms with Crippen molar-refractivity contribution in [2.45, 2.75) is 13.0 Å². The Hall–Kier alpha value is -1.62. The minimum Gasteiger partial charge on any atom is -0.477 e. The second-order valence-electron chi connectivity index (χ2n) is 3.05. The van der Waals surface area contributed by atoms with Gasteiger partial charge in [0.15, 0.2) is 0 Å². The number of hydrogen-bond acceptors (Lipinski definition) is 3. The molecule has 5 nitrogen and oxygen atoms in total. The molecule has 1 rings (SSSR count). The van der Waals surface area contributed by atoms with Gasteiger partial charge >= 0.3 is 5.97 Å². The third-order valence-corrected chi connectivity index (χ3v) is 2.00. The predicted octanol–water partition coefficient (Wildman–Crippen LogP) is 0.583. The molecule has 0 saturated heterocycles. The van der Waals surface area contributed by atoms with Crippen LogP contribution in [0.25, 0.3) is 0 Å². The van der Waals surface area contributed by atoms with Crippen molar-refractivity contribution in [3.63, 3.8) is 0 Å². The molecule has 1 aromatic rings. The molecular formula is C10H13NO4. The molecule has 0 spiro atoms. The number of pyridine rings is 1. The SMILES string of the molecule is COCCCn1c(C(=O)O)cccc1=O. The van der Waals surface area contributed by atoms with E-state index in [1.165, 1.54) is 22.8 Å². The van der Waals surface area contributed by atoms with Gasteiger partial charge in [0.05, 0.1) is 0 Å². The van der Waals surface area contributed by atoms with E-state index in [-0.39, 0.29) is 11.3 Å². The zero-order valence-corrected chi connectivity index (χ0v) is 8.47. The van der Waals surface area contributed by atoms with Crippen LogP contribution in [0.4, 0.5) is 0 Å². The van der Waals surface area contributed by atoms with Gasteiger partial charge in [-0.1, -0.05) is 6.07 Å².